The molecule has 0 aliphatic carbocycles. The number of halogens is 4. The van der Waals surface area contributed by atoms with Gasteiger partial charge < -0.3 is 15.0 Å². The highest BCUT2D eigenvalue weighted by molar-refractivity contribution is 5.91. The third-order valence-electron chi connectivity index (χ3n) is 3.68. The number of alkyl halides is 3. The van der Waals surface area contributed by atoms with Crippen molar-refractivity contribution in [3.05, 3.63) is 59.4 Å². The van der Waals surface area contributed by atoms with Crippen molar-refractivity contribution in [1.29, 1.82) is 0 Å². The lowest BCUT2D eigenvalue weighted by Gasteiger charge is -2.15. The summed E-state index contributed by atoms with van der Waals surface area (Å²) in [6, 6.07) is 8.79. The molecule has 0 radical (unpaired) electrons. The van der Waals surface area contributed by atoms with E-state index in [1.165, 1.54) is 31.4 Å². The molecule has 0 saturated heterocycles. The van der Waals surface area contributed by atoms with Crippen molar-refractivity contribution in [2.45, 2.75) is 12.7 Å². The van der Waals surface area contributed by atoms with Gasteiger partial charge in [-0.05, 0) is 42.5 Å². The summed E-state index contributed by atoms with van der Waals surface area (Å²) in [4.78, 5) is 12.8. The van der Waals surface area contributed by atoms with Crippen LogP contribution in [0.15, 0.2) is 42.5 Å². The molecule has 8 heteroatoms. The maximum Gasteiger partial charge on any atom is 0.416 e. The topological polar surface area (TPSA) is 42.8 Å². The molecule has 0 fully saturated rings. The largest absolute Gasteiger partial charge is 0.494 e. The number of hydrogen-bond acceptors (Lipinski definition) is 2. The Balaban J connectivity index is 1.90. The van der Waals surface area contributed by atoms with Gasteiger partial charge in [0.1, 0.15) is 6.54 Å². The van der Waals surface area contributed by atoms with E-state index in [0.717, 1.165) is 17.0 Å². The first kappa shape index (κ1) is 19.7. The van der Waals surface area contributed by atoms with E-state index < -0.39 is 17.6 Å². The molecule has 1 unspecified atom stereocenters. The highest BCUT2D eigenvalue weighted by atomic mass is 19.4. The van der Waals surface area contributed by atoms with Crippen molar-refractivity contribution in [1.82, 2.24) is 0 Å². The SMILES string of the molecule is COc1ccc(C[NH+](C)CC(=O)Nc2ccc(C(F)(F)F)cc2)cc1F. The second kappa shape index (κ2) is 8.18. The first-order valence-electron chi connectivity index (χ1n) is 7.80. The van der Waals surface area contributed by atoms with E-state index in [0.29, 0.717) is 12.1 Å². The predicted molar refractivity (Wildman–Crippen MR) is 88.5 cm³/mol. The maximum atomic E-state index is 13.7. The highest BCUT2D eigenvalue weighted by Crippen LogP contribution is 2.29. The number of nitrogens with one attached hydrogen (secondary N) is 2. The zero-order valence-electron chi connectivity index (χ0n) is 14.3. The van der Waals surface area contributed by atoms with Gasteiger partial charge in [-0.2, -0.15) is 13.2 Å². The summed E-state index contributed by atoms with van der Waals surface area (Å²) < 4.78 is 56.1. The summed E-state index contributed by atoms with van der Waals surface area (Å²) >= 11 is 0. The smallest absolute Gasteiger partial charge is 0.416 e. The molecular formula is C18H19F4N2O2+. The highest BCUT2D eigenvalue weighted by Gasteiger charge is 2.30. The Labute approximate surface area is 148 Å². The molecule has 0 aliphatic rings. The Morgan fingerprint density at radius 2 is 1.81 bits per heavy atom. The average Bonchev–Trinajstić information content (AvgIpc) is 2.54. The predicted octanol–water partition coefficient (Wildman–Crippen LogP) is 2.51. The first-order valence-corrected chi connectivity index (χ1v) is 7.80. The van der Waals surface area contributed by atoms with E-state index in [1.807, 2.05) is 0 Å². The molecule has 2 rings (SSSR count). The van der Waals surface area contributed by atoms with E-state index in [-0.39, 0.29) is 23.9 Å². The van der Waals surface area contributed by atoms with Gasteiger partial charge in [0.05, 0.1) is 19.7 Å². The third-order valence-corrected chi connectivity index (χ3v) is 3.68. The Morgan fingerprint density at radius 3 is 2.35 bits per heavy atom. The number of likely N-dealkylation sites (N-methyl/N-ethyl adjacent to an activating group) is 1. The van der Waals surface area contributed by atoms with Crippen LogP contribution in [0.2, 0.25) is 0 Å². The first-order chi connectivity index (χ1) is 12.2. The van der Waals surface area contributed by atoms with E-state index in [4.69, 9.17) is 4.74 Å². The molecule has 0 heterocycles. The van der Waals surface area contributed by atoms with Crippen LogP contribution >= 0.6 is 0 Å². The van der Waals surface area contributed by atoms with Crippen LogP contribution in [-0.4, -0.2) is 26.6 Å². The number of anilines is 1. The molecule has 0 saturated carbocycles. The molecule has 4 nitrogen and oxygen atoms in total. The minimum atomic E-state index is -4.42. The zero-order valence-corrected chi connectivity index (χ0v) is 14.3. The molecule has 1 atom stereocenters. The second-order valence-corrected chi connectivity index (χ2v) is 5.90. The third kappa shape index (κ3) is 5.45. The normalized spacial score (nSPS) is 12.5. The van der Waals surface area contributed by atoms with Gasteiger partial charge >= 0.3 is 6.18 Å². The molecule has 0 bridgehead atoms. The molecule has 140 valence electrons. The van der Waals surface area contributed by atoms with Gasteiger partial charge in [-0.3, -0.25) is 4.79 Å². The number of rotatable bonds is 6. The quantitative estimate of drug-likeness (QED) is 0.767. The number of carbonyl (C=O) groups excluding carboxylic acids is 1. The van der Waals surface area contributed by atoms with Crippen molar-refractivity contribution in [3.63, 3.8) is 0 Å². The van der Waals surface area contributed by atoms with Crippen LogP contribution in [0.5, 0.6) is 5.75 Å². The van der Waals surface area contributed by atoms with Crippen LogP contribution in [0.1, 0.15) is 11.1 Å². The molecule has 0 aromatic heterocycles. The van der Waals surface area contributed by atoms with Gasteiger partial charge in [0.15, 0.2) is 18.1 Å². The van der Waals surface area contributed by atoms with Crippen molar-refractivity contribution in [2.75, 3.05) is 26.0 Å². The van der Waals surface area contributed by atoms with Gasteiger partial charge in [-0.15, -0.1) is 0 Å². The minimum absolute atomic E-state index is 0.0780. The summed E-state index contributed by atoms with van der Waals surface area (Å²) in [7, 11) is 3.13. The molecular weight excluding hydrogens is 352 g/mol. The van der Waals surface area contributed by atoms with E-state index >= 15 is 0 Å². The van der Waals surface area contributed by atoms with Gasteiger partial charge in [-0.25, -0.2) is 4.39 Å². The van der Waals surface area contributed by atoms with Crippen molar-refractivity contribution in [2.24, 2.45) is 0 Å². The van der Waals surface area contributed by atoms with Crippen molar-refractivity contribution < 1.29 is 32.0 Å². The Kier molecular flexibility index (Phi) is 6.20. The van der Waals surface area contributed by atoms with Crippen LogP contribution in [0.3, 0.4) is 0 Å². The number of benzene rings is 2. The van der Waals surface area contributed by atoms with Crippen molar-refractivity contribution in [3.8, 4) is 5.75 Å². The number of quaternary nitrogens is 1. The van der Waals surface area contributed by atoms with Gasteiger partial charge in [0.25, 0.3) is 5.91 Å². The molecule has 0 spiro atoms. The molecule has 0 aliphatic heterocycles. The monoisotopic (exact) mass is 371 g/mol. The van der Waals surface area contributed by atoms with Gasteiger partial charge in [-0.1, -0.05) is 0 Å². The van der Waals surface area contributed by atoms with E-state index in [1.54, 1.807) is 13.1 Å². The van der Waals surface area contributed by atoms with Crippen LogP contribution in [0.25, 0.3) is 0 Å². The summed E-state index contributed by atoms with van der Waals surface area (Å²) in [6.07, 6.45) is -4.42. The summed E-state index contributed by atoms with van der Waals surface area (Å²) in [5, 5.41) is 2.55. The Morgan fingerprint density at radius 1 is 1.15 bits per heavy atom. The molecule has 2 aromatic rings. The fourth-order valence-electron chi connectivity index (χ4n) is 2.45. The average molecular weight is 371 g/mol. The lowest BCUT2D eigenvalue weighted by atomic mass is 10.2. The fourth-order valence-corrected chi connectivity index (χ4v) is 2.45. The number of methoxy groups -OCH3 is 1. The molecule has 2 aromatic carbocycles. The number of carbonyl (C=O) groups is 1. The number of hydrogen-bond donors (Lipinski definition) is 2. The zero-order chi connectivity index (χ0) is 19.3. The maximum absolute atomic E-state index is 13.7. The minimum Gasteiger partial charge on any atom is -0.494 e. The van der Waals surface area contributed by atoms with Gasteiger partial charge in [0, 0.05) is 11.3 Å². The Bertz CT molecular complexity index is 761. The van der Waals surface area contributed by atoms with Gasteiger partial charge in [0.2, 0.25) is 0 Å². The second-order valence-electron chi connectivity index (χ2n) is 5.90. The molecule has 1 amide bonds. The van der Waals surface area contributed by atoms with E-state index in [2.05, 4.69) is 5.32 Å². The van der Waals surface area contributed by atoms with E-state index in [9.17, 15) is 22.4 Å². The lowest BCUT2D eigenvalue weighted by molar-refractivity contribution is -0.885. The van der Waals surface area contributed by atoms with Crippen LogP contribution in [0, 0.1) is 5.82 Å². The number of ether oxygens (including phenoxy) is 1. The van der Waals surface area contributed by atoms with Crippen LogP contribution in [-0.2, 0) is 17.5 Å². The summed E-state index contributed by atoms with van der Waals surface area (Å²) in [5.74, 6) is -0.685. The van der Waals surface area contributed by atoms with Crippen LogP contribution in [0.4, 0.5) is 23.2 Å². The van der Waals surface area contributed by atoms with Crippen LogP contribution < -0.4 is 15.0 Å². The summed E-state index contributed by atoms with van der Waals surface area (Å²) in [6.45, 7) is 0.482. The number of amides is 1. The lowest BCUT2D eigenvalue weighted by Crippen LogP contribution is -3.08. The van der Waals surface area contributed by atoms with Crippen molar-refractivity contribution >= 4 is 11.6 Å². The molecule has 2 N–H and O–H groups in total. The summed E-state index contributed by atoms with van der Waals surface area (Å²) in [5.41, 5.74) is 0.203. The Hall–Kier alpha value is -2.61. The fraction of sp³-hybridized carbons (Fsp3) is 0.278. The standard InChI is InChI=1S/C18H18F4N2O2/c1-24(10-12-3-8-16(26-2)15(19)9-12)11-17(25)23-14-6-4-13(5-7-14)18(20,21)22/h3-9H,10-11H2,1-2H3,(H,23,25)/p+1. The molecule has 26 heavy (non-hydrogen) atoms.